The van der Waals surface area contributed by atoms with Gasteiger partial charge in [0.1, 0.15) is 5.03 Å². The molecule has 0 N–H and O–H groups in total. The third kappa shape index (κ3) is 12.0. The van der Waals surface area contributed by atoms with E-state index in [1.807, 2.05) is 11.8 Å². The molecule has 0 spiro atoms. The molecule has 1 heterocycles. The lowest BCUT2D eigenvalue weighted by Crippen LogP contribution is -2.25. The normalized spacial score (nSPS) is 14.0. The summed E-state index contributed by atoms with van der Waals surface area (Å²) in [6.45, 7) is 14.3. The van der Waals surface area contributed by atoms with Crippen LogP contribution >= 0.6 is 11.8 Å². The summed E-state index contributed by atoms with van der Waals surface area (Å²) in [5, 5.41) is 6.29. The molecule has 0 aliphatic carbocycles. The molecule has 2 nitrogen and oxygen atoms in total. The number of unbranched alkanes of at least 4 members (excludes halogenated alkanes) is 10. The van der Waals surface area contributed by atoms with Crippen LogP contribution in [0.4, 0.5) is 0 Å². The Hall–Kier alpha value is -0.440. The van der Waals surface area contributed by atoms with Crippen LogP contribution in [0.5, 0.6) is 0 Å². The van der Waals surface area contributed by atoms with Gasteiger partial charge in [0.2, 0.25) is 0 Å². The van der Waals surface area contributed by atoms with Crippen molar-refractivity contribution in [1.82, 2.24) is 9.78 Å². The number of rotatable bonds is 22. The van der Waals surface area contributed by atoms with Crippen LogP contribution in [0, 0.1) is 5.41 Å². The predicted octanol–water partition coefficient (Wildman–Crippen LogP) is 10.9. The molecule has 3 heteroatoms. The summed E-state index contributed by atoms with van der Waals surface area (Å²) in [6.07, 6.45) is 24.3. The minimum atomic E-state index is 0.258. The van der Waals surface area contributed by atoms with Gasteiger partial charge in [-0.15, -0.1) is 11.8 Å². The SMILES string of the molecule is CCCCCCC(C)(CCCC)CSc1cc(C(C)(CCCCCC)CCCCCC)n(C)n1. The van der Waals surface area contributed by atoms with Crippen molar-refractivity contribution in [2.75, 3.05) is 5.75 Å². The lowest BCUT2D eigenvalue weighted by atomic mass is 9.77. The van der Waals surface area contributed by atoms with Gasteiger partial charge in [-0.3, -0.25) is 4.68 Å². The molecule has 0 aliphatic rings. The van der Waals surface area contributed by atoms with E-state index in [1.54, 1.807) is 0 Å². The molecule has 200 valence electrons. The van der Waals surface area contributed by atoms with Gasteiger partial charge in [-0.25, -0.2) is 0 Å². The second-order valence-electron chi connectivity index (χ2n) is 11.7. The lowest BCUT2D eigenvalue weighted by molar-refractivity contribution is 0.293. The molecule has 1 aromatic rings. The smallest absolute Gasteiger partial charge is 0.118 e. The van der Waals surface area contributed by atoms with Crippen molar-refractivity contribution in [2.24, 2.45) is 12.5 Å². The van der Waals surface area contributed by atoms with E-state index < -0.39 is 0 Å². The van der Waals surface area contributed by atoms with Crippen molar-refractivity contribution in [3.63, 3.8) is 0 Å². The molecule has 0 fully saturated rings. The van der Waals surface area contributed by atoms with Crippen molar-refractivity contribution < 1.29 is 0 Å². The van der Waals surface area contributed by atoms with E-state index in [2.05, 4.69) is 59.3 Å². The zero-order chi connectivity index (χ0) is 25.3. The number of aromatic nitrogens is 2. The van der Waals surface area contributed by atoms with Crippen LogP contribution in [0.15, 0.2) is 11.1 Å². The van der Waals surface area contributed by atoms with Crippen LogP contribution in [0.3, 0.4) is 0 Å². The van der Waals surface area contributed by atoms with Crippen molar-refractivity contribution in [1.29, 1.82) is 0 Å². The molecular formula is C31H60N2S. The first-order valence-electron chi connectivity index (χ1n) is 15.0. The zero-order valence-corrected chi connectivity index (χ0v) is 25.1. The van der Waals surface area contributed by atoms with Crippen LogP contribution < -0.4 is 0 Å². The summed E-state index contributed by atoms with van der Waals surface area (Å²) < 4.78 is 2.23. The summed E-state index contributed by atoms with van der Waals surface area (Å²) in [7, 11) is 2.19. The van der Waals surface area contributed by atoms with Crippen molar-refractivity contribution in [2.45, 2.75) is 168 Å². The van der Waals surface area contributed by atoms with Gasteiger partial charge in [-0.2, -0.15) is 5.10 Å². The summed E-state index contributed by atoms with van der Waals surface area (Å²) in [5.74, 6) is 1.21. The van der Waals surface area contributed by atoms with Gasteiger partial charge in [0.25, 0.3) is 0 Å². The minimum absolute atomic E-state index is 0.258. The molecule has 34 heavy (non-hydrogen) atoms. The molecular weight excluding hydrogens is 432 g/mol. The third-order valence-corrected chi connectivity index (χ3v) is 9.31. The predicted molar refractivity (Wildman–Crippen MR) is 155 cm³/mol. The molecule has 0 saturated carbocycles. The summed E-state index contributed by atoms with van der Waals surface area (Å²) in [5.41, 5.74) is 2.17. The Morgan fingerprint density at radius 1 is 0.676 bits per heavy atom. The van der Waals surface area contributed by atoms with Gasteiger partial charge < -0.3 is 0 Å². The van der Waals surface area contributed by atoms with Gasteiger partial charge in [0.05, 0.1) is 0 Å². The molecule has 1 aromatic heterocycles. The Bertz CT molecular complexity index is 611. The van der Waals surface area contributed by atoms with Gasteiger partial charge >= 0.3 is 0 Å². The highest BCUT2D eigenvalue weighted by atomic mass is 32.2. The Morgan fingerprint density at radius 2 is 1.15 bits per heavy atom. The molecule has 1 unspecified atom stereocenters. The molecule has 0 bridgehead atoms. The van der Waals surface area contributed by atoms with E-state index in [0.29, 0.717) is 5.41 Å². The van der Waals surface area contributed by atoms with Crippen molar-refractivity contribution in [3.05, 3.63) is 11.8 Å². The molecule has 0 aromatic carbocycles. The van der Waals surface area contributed by atoms with Gasteiger partial charge in [0.15, 0.2) is 0 Å². The first-order chi connectivity index (χ1) is 16.3. The van der Waals surface area contributed by atoms with Crippen LogP contribution in [0.1, 0.15) is 163 Å². The Labute approximate surface area is 218 Å². The van der Waals surface area contributed by atoms with E-state index in [0.717, 1.165) is 0 Å². The van der Waals surface area contributed by atoms with Crippen LogP contribution in [-0.2, 0) is 12.5 Å². The first kappa shape index (κ1) is 31.6. The molecule has 0 saturated heterocycles. The quantitative estimate of drug-likeness (QED) is 0.118. The maximum Gasteiger partial charge on any atom is 0.118 e. The maximum absolute atomic E-state index is 5.04. The average Bonchev–Trinajstić information content (AvgIpc) is 3.21. The summed E-state index contributed by atoms with van der Waals surface area (Å²) in [4.78, 5) is 0. The van der Waals surface area contributed by atoms with Gasteiger partial charge in [-0.05, 0) is 37.2 Å². The maximum atomic E-state index is 5.04. The summed E-state index contributed by atoms with van der Waals surface area (Å²) >= 11 is 2.02. The van der Waals surface area contributed by atoms with E-state index in [-0.39, 0.29) is 5.41 Å². The van der Waals surface area contributed by atoms with E-state index in [9.17, 15) is 0 Å². The fourth-order valence-electron chi connectivity index (χ4n) is 5.44. The molecule has 1 atom stereocenters. The Morgan fingerprint density at radius 3 is 1.65 bits per heavy atom. The first-order valence-corrected chi connectivity index (χ1v) is 16.0. The standard InChI is InChI=1S/C31H60N2S/c1-8-12-16-19-23-30(5,22-15-11-4)27-34-29-26-28(33(7)32-29)31(6,24-20-17-13-9-2)25-21-18-14-10-3/h26H,8-25,27H2,1-7H3. The fourth-order valence-corrected chi connectivity index (χ4v) is 6.60. The summed E-state index contributed by atoms with van der Waals surface area (Å²) in [6, 6.07) is 2.46. The average molecular weight is 493 g/mol. The number of hydrogen-bond acceptors (Lipinski definition) is 2. The number of aryl methyl sites for hydroxylation is 1. The Balaban J connectivity index is 2.88. The number of hydrogen-bond donors (Lipinski definition) is 0. The highest BCUT2D eigenvalue weighted by molar-refractivity contribution is 7.99. The van der Waals surface area contributed by atoms with E-state index in [4.69, 9.17) is 5.10 Å². The third-order valence-electron chi connectivity index (χ3n) is 7.98. The number of thioether (sulfide) groups is 1. The minimum Gasteiger partial charge on any atom is -0.271 e. The van der Waals surface area contributed by atoms with Gasteiger partial charge in [-0.1, -0.05) is 131 Å². The largest absolute Gasteiger partial charge is 0.271 e. The second kappa shape index (κ2) is 17.9. The van der Waals surface area contributed by atoms with Crippen LogP contribution in [0.2, 0.25) is 0 Å². The van der Waals surface area contributed by atoms with Crippen molar-refractivity contribution >= 4 is 11.8 Å². The zero-order valence-electron chi connectivity index (χ0n) is 24.3. The molecule has 0 radical (unpaired) electrons. The molecule has 0 amide bonds. The number of nitrogens with zero attached hydrogens (tertiary/aromatic N) is 2. The van der Waals surface area contributed by atoms with E-state index >= 15 is 0 Å². The van der Waals surface area contributed by atoms with Crippen LogP contribution in [-0.4, -0.2) is 15.5 Å². The highest BCUT2D eigenvalue weighted by Crippen LogP contribution is 2.40. The van der Waals surface area contributed by atoms with E-state index in [1.165, 1.54) is 132 Å². The van der Waals surface area contributed by atoms with Crippen LogP contribution in [0.25, 0.3) is 0 Å². The van der Waals surface area contributed by atoms with Crippen molar-refractivity contribution in [3.8, 4) is 0 Å². The monoisotopic (exact) mass is 492 g/mol. The fraction of sp³-hybridized carbons (Fsp3) is 0.903. The second-order valence-corrected chi connectivity index (χ2v) is 12.7. The topological polar surface area (TPSA) is 17.8 Å². The Kier molecular flexibility index (Phi) is 16.6. The molecule has 1 rings (SSSR count). The highest BCUT2D eigenvalue weighted by Gasteiger charge is 2.30. The lowest BCUT2D eigenvalue weighted by Gasteiger charge is -2.30. The molecule has 0 aliphatic heterocycles. The van der Waals surface area contributed by atoms with Gasteiger partial charge in [0, 0.05) is 23.9 Å².